The number of amides is 2. The van der Waals surface area contributed by atoms with E-state index in [-0.39, 0.29) is 44.6 Å². The lowest BCUT2D eigenvalue weighted by Gasteiger charge is -2.15. The lowest BCUT2D eigenvalue weighted by atomic mass is 9.98. The summed E-state index contributed by atoms with van der Waals surface area (Å²) in [6.07, 6.45) is -0.559. The standard InChI is InChI=1S/C21H24N2O5/c24-11-14(12-25)23-20(26)9-10-22-21(27)28-13-19-17-7-3-1-5-15(17)16-6-2-4-8-18(16)19/h1-8,14,19,24-25H,9-13H2,(H,22,27)(H,23,26). The quantitative estimate of drug-likeness (QED) is 0.550. The lowest BCUT2D eigenvalue weighted by molar-refractivity contribution is -0.122. The average Bonchev–Trinajstić information content (AvgIpc) is 3.04. The van der Waals surface area contributed by atoms with Gasteiger partial charge in [0.2, 0.25) is 5.91 Å². The highest BCUT2D eigenvalue weighted by atomic mass is 16.5. The maximum atomic E-state index is 12.0. The summed E-state index contributed by atoms with van der Waals surface area (Å²) in [6, 6.07) is 15.5. The molecule has 0 aliphatic heterocycles. The van der Waals surface area contributed by atoms with Crippen LogP contribution in [0.3, 0.4) is 0 Å². The van der Waals surface area contributed by atoms with Crippen molar-refractivity contribution in [2.45, 2.75) is 18.4 Å². The molecule has 2 aromatic rings. The van der Waals surface area contributed by atoms with Crippen molar-refractivity contribution in [3.05, 3.63) is 59.7 Å². The predicted molar refractivity (Wildman–Crippen MR) is 104 cm³/mol. The van der Waals surface area contributed by atoms with Crippen LogP contribution in [0.1, 0.15) is 23.5 Å². The number of benzene rings is 2. The van der Waals surface area contributed by atoms with Gasteiger partial charge in [-0.15, -0.1) is 0 Å². The highest BCUT2D eigenvalue weighted by molar-refractivity contribution is 5.79. The SMILES string of the molecule is O=C(CCNC(=O)OCC1c2ccccc2-c2ccccc21)NC(CO)CO. The van der Waals surface area contributed by atoms with Crippen LogP contribution in [-0.2, 0) is 9.53 Å². The fraction of sp³-hybridized carbons (Fsp3) is 0.333. The van der Waals surface area contributed by atoms with Crippen LogP contribution in [0.4, 0.5) is 4.79 Å². The van der Waals surface area contributed by atoms with E-state index in [2.05, 4.69) is 22.8 Å². The zero-order valence-corrected chi connectivity index (χ0v) is 15.4. The molecule has 148 valence electrons. The molecule has 1 aliphatic carbocycles. The Balaban J connectivity index is 1.49. The molecule has 0 fully saturated rings. The second-order valence-electron chi connectivity index (χ2n) is 6.63. The van der Waals surface area contributed by atoms with E-state index in [1.54, 1.807) is 0 Å². The van der Waals surface area contributed by atoms with Gasteiger partial charge in [-0.3, -0.25) is 4.79 Å². The molecule has 1 aliphatic rings. The molecule has 28 heavy (non-hydrogen) atoms. The number of carbonyl (C=O) groups excluding carboxylic acids is 2. The molecule has 2 aromatic carbocycles. The summed E-state index contributed by atoms with van der Waals surface area (Å²) < 4.78 is 5.38. The van der Waals surface area contributed by atoms with Crippen LogP contribution in [0.15, 0.2) is 48.5 Å². The number of carbonyl (C=O) groups is 2. The van der Waals surface area contributed by atoms with Gasteiger partial charge in [0.1, 0.15) is 6.61 Å². The zero-order valence-electron chi connectivity index (χ0n) is 15.4. The minimum Gasteiger partial charge on any atom is -0.449 e. The number of rotatable bonds is 8. The number of aliphatic hydroxyl groups excluding tert-OH is 2. The molecule has 0 heterocycles. The summed E-state index contributed by atoms with van der Waals surface area (Å²) in [7, 11) is 0. The van der Waals surface area contributed by atoms with E-state index < -0.39 is 12.1 Å². The summed E-state index contributed by atoms with van der Waals surface area (Å²) in [5.74, 6) is -0.386. The van der Waals surface area contributed by atoms with Gasteiger partial charge in [-0.25, -0.2) is 4.79 Å². The van der Waals surface area contributed by atoms with E-state index in [9.17, 15) is 9.59 Å². The van der Waals surface area contributed by atoms with Crippen LogP contribution in [0.2, 0.25) is 0 Å². The first-order valence-corrected chi connectivity index (χ1v) is 9.24. The summed E-state index contributed by atoms with van der Waals surface area (Å²) in [4.78, 5) is 23.7. The molecule has 3 rings (SSSR count). The van der Waals surface area contributed by atoms with Crippen LogP contribution in [0.25, 0.3) is 11.1 Å². The molecule has 0 aromatic heterocycles. The first-order chi connectivity index (χ1) is 13.6. The van der Waals surface area contributed by atoms with E-state index >= 15 is 0 Å². The maximum absolute atomic E-state index is 12.0. The molecule has 0 unspecified atom stereocenters. The number of aliphatic hydroxyl groups is 2. The van der Waals surface area contributed by atoms with Gasteiger partial charge in [0.15, 0.2) is 0 Å². The second-order valence-corrected chi connectivity index (χ2v) is 6.63. The summed E-state index contributed by atoms with van der Waals surface area (Å²) in [5, 5.41) is 22.9. The van der Waals surface area contributed by atoms with Crippen LogP contribution in [0, 0.1) is 0 Å². The fourth-order valence-corrected chi connectivity index (χ4v) is 3.38. The van der Waals surface area contributed by atoms with Crippen LogP contribution in [-0.4, -0.2) is 54.6 Å². The first kappa shape index (κ1) is 19.9. The van der Waals surface area contributed by atoms with Gasteiger partial charge in [0.25, 0.3) is 0 Å². The van der Waals surface area contributed by atoms with E-state index in [1.165, 1.54) is 0 Å². The summed E-state index contributed by atoms with van der Waals surface area (Å²) in [5.41, 5.74) is 4.59. The third-order valence-electron chi connectivity index (χ3n) is 4.77. The molecular weight excluding hydrogens is 360 g/mol. The Bertz CT molecular complexity index is 790. The molecule has 0 spiro atoms. The number of nitrogens with one attached hydrogen (secondary N) is 2. The van der Waals surface area contributed by atoms with Crippen molar-refractivity contribution in [3.63, 3.8) is 0 Å². The molecular formula is C21H24N2O5. The van der Waals surface area contributed by atoms with Gasteiger partial charge >= 0.3 is 6.09 Å². The van der Waals surface area contributed by atoms with Crippen molar-refractivity contribution < 1.29 is 24.5 Å². The Labute approximate surface area is 163 Å². The minimum absolute atomic E-state index is 0.0173. The van der Waals surface area contributed by atoms with E-state index in [0.29, 0.717) is 0 Å². The van der Waals surface area contributed by atoms with Gasteiger partial charge < -0.3 is 25.6 Å². The zero-order chi connectivity index (χ0) is 19.9. The average molecular weight is 384 g/mol. The van der Waals surface area contributed by atoms with Gasteiger partial charge in [-0.1, -0.05) is 48.5 Å². The molecule has 0 saturated carbocycles. The van der Waals surface area contributed by atoms with Crippen molar-refractivity contribution in [3.8, 4) is 11.1 Å². The molecule has 7 nitrogen and oxygen atoms in total. The smallest absolute Gasteiger partial charge is 0.407 e. The predicted octanol–water partition coefficient (Wildman–Crippen LogP) is 1.38. The topological polar surface area (TPSA) is 108 Å². The molecule has 4 N–H and O–H groups in total. The highest BCUT2D eigenvalue weighted by Crippen LogP contribution is 2.44. The number of alkyl carbamates (subject to hydrolysis) is 1. The molecule has 2 amide bonds. The number of hydrogen-bond acceptors (Lipinski definition) is 5. The molecule has 0 bridgehead atoms. The van der Waals surface area contributed by atoms with Crippen molar-refractivity contribution in [1.29, 1.82) is 0 Å². The van der Waals surface area contributed by atoms with Crippen LogP contribution >= 0.6 is 0 Å². The van der Waals surface area contributed by atoms with Gasteiger partial charge in [-0.05, 0) is 22.3 Å². The van der Waals surface area contributed by atoms with Crippen molar-refractivity contribution >= 4 is 12.0 Å². The third-order valence-corrected chi connectivity index (χ3v) is 4.77. The fourth-order valence-electron chi connectivity index (χ4n) is 3.38. The third kappa shape index (κ3) is 4.49. The lowest BCUT2D eigenvalue weighted by Crippen LogP contribution is -2.41. The number of fused-ring (bicyclic) bond motifs is 3. The largest absolute Gasteiger partial charge is 0.449 e. The van der Waals surface area contributed by atoms with E-state index in [0.717, 1.165) is 22.3 Å². The first-order valence-electron chi connectivity index (χ1n) is 9.24. The second kappa shape index (κ2) is 9.34. The Morgan fingerprint density at radius 2 is 1.54 bits per heavy atom. The van der Waals surface area contributed by atoms with Crippen molar-refractivity contribution in [2.75, 3.05) is 26.4 Å². The molecule has 0 atom stereocenters. The van der Waals surface area contributed by atoms with Crippen molar-refractivity contribution in [1.82, 2.24) is 10.6 Å². The molecule has 7 heteroatoms. The molecule has 0 saturated heterocycles. The van der Waals surface area contributed by atoms with E-state index in [4.69, 9.17) is 14.9 Å². The molecule has 0 radical (unpaired) electrons. The van der Waals surface area contributed by atoms with Crippen LogP contribution < -0.4 is 10.6 Å². The Kier molecular flexibility index (Phi) is 6.62. The number of ether oxygens (including phenoxy) is 1. The monoisotopic (exact) mass is 384 g/mol. The minimum atomic E-state index is -0.693. The van der Waals surface area contributed by atoms with Crippen LogP contribution in [0.5, 0.6) is 0 Å². The van der Waals surface area contributed by atoms with Gasteiger partial charge in [0, 0.05) is 18.9 Å². The normalized spacial score (nSPS) is 12.4. The Morgan fingerprint density at radius 1 is 0.964 bits per heavy atom. The Hall–Kier alpha value is -2.90. The van der Waals surface area contributed by atoms with Crippen molar-refractivity contribution in [2.24, 2.45) is 0 Å². The summed E-state index contributed by atoms with van der Waals surface area (Å²) in [6.45, 7) is -0.376. The van der Waals surface area contributed by atoms with E-state index in [1.807, 2.05) is 36.4 Å². The highest BCUT2D eigenvalue weighted by Gasteiger charge is 2.28. The maximum Gasteiger partial charge on any atom is 0.407 e. The van der Waals surface area contributed by atoms with Gasteiger partial charge in [-0.2, -0.15) is 0 Å². The van der Waals surface area contributed by atoms with Gasteiger partial charge in [0.05, 0.1) is 19.3 Å². The number of hydrogen-bond donors (Lipinski definition) is 4. The summed E-state index contributed by atoms with van der Waals surface area (Å²) >= 11 is 0. The Morgan fingerprint density at radius 3 is 2.11 bits per heavy atom.